The number of benzene rings is 2. The zero-order valence-corrected chi connectivity index (χ0v) is 22.1. The van der Waals surface area contributed by atoms with Gasteiger partial charge in [-0.15, -0.1) is 0 Å². The van der Waals surface area contributed by atoms with Crippen LogP contribution >= 0.6 is 0 Å². The molecule has 36 heavy (non-hydrogen) atoms. The van der Waals surface area contributed by atoms with E-state index in [4.69, 9.17) is 9.47 Å². The molecule has 1 aliphatic rings. The van der Waals surface area contributed by atoms with E-state index in [1.54, 1.807) is 25.1 Å². The van der Waals surface area contributed by atoms with Crippen LogP contribution in [-0.4, -0.2) is 63.2 Å². The fourth-order valence-electron chi connectivity index (χ4n) is 3.89. The third kappa shape index (κ3) is 6.69. The number of fused-ring (bicyclic) bond motifs is 1. The van der Waals surface area contributed by atoms with Crippen molar-refractivity contribution < 1.29 is 27.5 Å². The summed E-state index contributed by atoms with van der Waals surface area (Å²) in [5.74, 6) is -0.0253. The Morgan fingerprint density at radius 3 is 2.44 bits per heavy atom. The van der Waals surface area contributed by atoms with E-state index < -0.39 is 28.5 Å². The third-order valence-electron chi connectivity index (χ3n) is 5.95. The maximum Gasteiger partial charge on any atom is 0.244 e. The first-order valence-electron chi connectivity index (χ1n) is 12.2. The topological polar surface area (TPSA) is 105 Å². The Bertz CT molecular complexity index is 1180. The van der Waals surface area contributed by atoms with Crippen LogP contribution in [0.3, 0.4) is 0 Å². The number of carbonyl (C=O) groups is 2. The lowest BCUT2D eigenvalue weighted by atomic mass is 10.1. The summed E-state index contributed by atoms with van der Waals surface area (Å²) in [7, 11) is -3.82. The van der Waals surface area contributed by atoms with E-state index in [9.17, 15) is 18.0 Å². The van der Waals surface area contributed by atoms with E-state index in [1.807, 2.05) is 38.1 Å². The highest BCUT2D eigenvalue weighted by atomic mass is 32.2. The molecule has 2 aromatic rings. The summed E-state index contributed by atoms with van der Waals surface area (Å²) in [6, 6.07) is 11.7. The number of rotatable bonds is 11. The molecule has 0 spiro atoms. The van der Waals surface area contributed by atoms with E-state index in [0.717, 1.165) is 21.9 Å². The highest BCUT2D eigenvalue weighted by Crippen LogP contribution is 2.35. The number of ether oxygens (including phenoxy) is 2. The molecule has 9 nitrogen and oxygen atoms in total. The van der Waals surface area contributed by atoms with Crippen molar-refractivity contribution in [1.82, 2.24) is 10.2 Å². The monoisotopic (exact) mass is 517 g/mol. The summed E-state index contributed by atoms with van der Waals surface area (Å²) in [5, 5.41) is 2.83. The van der Waals surface area contributed by atoms with Gasteiger partial charge in [0.2, 0.25) is 21.8 Å². The Morgan fingerprint density at radius 1 is 1.06 bits per heavy atom. The largest absolute Gasteiger partial charge is 0.486 e. The zero-order valence-electron chi connectivity index (χ0n) is 21.3. The molecular weight excluding hydrogens is 482 g/mol. The summed E-state index contributed by atoms with van der Waals surface area (Å²) >= 11 is 0. The third-order valence-corrected chi connectivity index (χ3v) is 7.69. The van der Waals surface area contributed by atoms with Crippen LogP contribution in [0.15, 0.2) is 42.5 Å². The fraction of sp³-hybridized carbons (Fsp3) is 0.462. The Balaban J connectivity index is 1.93. The molecule has 1 heterocycles. The molecule has 0 radical (unpaired) electrons. The maximum absolute atomic E-state index is 13.7. The molecular formula is C26H35N3O6S. The van der Waals surface area contributed by atoms with Gasteiger partial charge in [0.05, 0.1) is 11.4 Å². The zero-order chi connectivity index (χ0) is 26.3. The number of hydrogen-bond acceptors (Lipinski definition) is 6. The van der Waals surface area contributed by atoms with E-state index in [2.05, 4.69) is 5.32 Å². The first-order valence-corrected chi connectivity index (χ1v) is 13.8. The van der Waals surface area contributed by atoms with Crippen LogP contribution < -0.4 is 19.1 Å². The SMILES string of the molecule is CCCNC(=O)C(C)N(Cc1cccc(C)c1)C(=O)CN(c1ccc2c(c1)OCCO2)S(=O)(=O)CC. The number of carbonyl (C=O) groups excluding carboxylic acids is 2. The molecule has 10 heteroatoms. The van der Waals surface area contributed by atoms with Crippen LogP contribution in [0.5, 0.6) is 11.5 Å². The van der Waals surface area contributed by atoms with Gasteiger partial charge in [-0.3, -0.25) is 13.9 Å². The Morgan fingerprint density at radius 2 is 1.78 bits per heavy atom. The van der Waals surface area contributed by atoms with Gasteiger partial charge in [-0.2, -0.15) is 0 Å². The highest BCUT2D eigenvalue weighted by molar-refractivity contribution is 7.92. The molecule has 2 amide bonds. The van der Waals surface area contributed by atoms with Gasteiger partial charge < -0.3 is 19.7 Å². The molecule has 1 atom stereocenters. The van der Waals surface area contributed by atoms with Gasteiger partial charge in [0, 0.05) is 19.2 Å². The smallest absolute Gasteiger partial charge is 0.244 e. The second-order valence-electron chi connectivity index (χ2n) is 8.71. The van der Waals surface area contributed by atoms with Crippen molar-refractivity contribution in [2.45, 2.75) is 46.7 Å². The lowest BCUT2D eigenvalue weighted by Gasteiger charge is -2.32. The van der Waals surface area contributed by atoms with Crippen LogP contribution in [0.1, 0.15) is 38.3 Å². The summed E-state index contributed by atoms with van der Waals surface area (Å²) in [6.45, 7) is 8.04. The molecule has 0 aromatic heterocycles. The minimum atomic E-state index is -3.82. The van der Waals surface area contributed by atoms with Crippen molar-refractivity contribution in [3.8, 4) is 11.5 Å². The number of sulfonamides is 1. The predicted molar refractivity (Wildman–Crippen MR) is 139 cm³/mol. The van der Waals surface area contributed by atoms with Crippen molar-refractivity contribution in [2.24, 2.45) is 0 Å². The molecule has 0 saturated carbocycles. The van der Waals surface area contributed by atoms with Gasteiger partial charge in [0.25, 0.3) is 0 Å². The second-order valence-corrected chi connectivity index (χ2v) is 10.9. The van der Waals surface area contributed by atoms with Crippen molar-refractivity contribution in [1.29, 1.82) is 0 Å². The van der Waals surface area contributed by atoms with Gasteiger partial charge >= 0.3 is 0 Å². The molecule has 0 bridgehead atoms. The molecule has 0 aliphatic carbocycles. The molecule has 0 fully saturated rings. The quantitative estimate of drug-likeness (QED) is 0.492. The van der Waals surface area contributed by atoms with E-state index in [-0.39, 0.29) is 18.2 Å². The number of nitrogens with zero attached hydrogens (tertiary/aromatic N) is 2. The minimum absolute atomic E-state index is 0.169. The van der Waals surface area contributed by atoms with Crippen molar-refractivity contribution in [3.05, 3.63) is 53.6 Å². The Hall–Kier alpha value is -3.27. The summed E-state index contributed by atoms with van der Waals surface area (Å²) in [5.41, 5.74) is 2.17. The summed E-state index contributed by atoms with van der Waals surface area (Å²) in [6.07, 6.45) is 0.761. The maximum atomic E-state index is 13.7. The van der Waals surface area contributed by atoms with Crippen LogP contribution in [0.2, 0.25) is 0 Å². The van der Waals surface area contributed by atoms with E-state index in [0.29, 0.717) is 36.9 Å². The molecule has 1 aliphatic heterocycles. The lowest BCUT2D eigenvalue weighted by Crippen LogP contribution is -2.51. The Labute approximate surface area is 213 Å². The van der Waals surface area contributed by atoms with Crippen LogP contribution in [0, 0.1) is 6.92 Å². The first kappa shape index (κ1) is 27.3. The Kier molecular flexibility index (Phi) is 9.19. The molecule has 0 saturated heterocycles. The van der Waals surface area contributed by atoms with Gasteiger partial charge in [-0.25, -0.2) is 8.42 Å². The van der Waals surface area contributed by atoms with Crippen molar-refractivity contribution in [2.75, 3.05) is 36.4 Å². The summed E-state index contributed by atoms with van der Waals surface area (Å²) < 4.78 is 38.4. The number of nitrogens with one attached hydrogen (secondary N) is 1. The van der Waals surface area contributed by atoms with Crippen molar-refractivity contribution in [3.63, 3.8) is 0 Å². The molecule has 1 N–H and O–H groups in total. The molecule has 196 valence electrons. The van der Waals surface area contributed by atoms with Gasteiger partial charge in [-0.05, 0) is 44.9 Å². The average molecular weight is 518 g/mol. The number of amides is 2. The highest BCUT2D eigenvalue weighted by Gasteiger charge is 2.31. The summed E-state index contributed by atoms with van der Waals surface area (Å²) in [4.78, 5) is 27.9. The van der Waals surface area contributed by atoms with Gasteiger partial charge in [-0.1, -0.05) is 36.8 Å². The number of hydrogen-bond donors (Lipinski definition) is 1. The molecule has 2 aromatic carbocycles. The molecule has 3 rings (SSSR count). The van der Waals surface area contributed by atoms with Gasteiger partial charge in [0.1, 0.15) is 25.8 Å². The second kappa shape index (κ2) is 12.1. The van der Waals surface area contributed by atoms with E-state index >= 15 is 0 Å². The van der Waals surface area contributed by atoms with Crippen LogP contribution in [0.25, 0.3) is 0 Å². The number of aryl methyl sites for hydroxylation is 1. The number of anilines is 1. The van der Waals surface area contributed by atoms with Crippen LogP contribution in [0.4, 0.5) is 5.69 Å². The minimum Gasteiger partial charge on any atom is -0.486 e. The van der Waals surface area contributed by atoms with Crippen molar-refractivity contribution >= 4 is 27.5 Å². The standard InChI is InChI=1S/C26H35N3O6S/c1-5-12-27-26(31)20(4)28(17-21-9-7-8-19(3)15-21)25(30)18-29(36(32,33)6-2)22-10-11-23-24(16-22)35-14-13-34-23/h7-11,15-16,20H,5-6,12-14,17-18H2,1-4H3,(H,27,31). The van der Waals surface area contributed by atoms with E-state index in [1.165, 1.54) is 11.8 Å². The first-order chi connectivity index (χ1) is 17.2. The fourth-order valence-corrected chi connectivity index (χ4v) is 4.95. The average Bonchev–Trinajstić information content (AvgIpc) is 2.88. The predicted octanol–water partition coefficient (Wildman–Crippen LogP) is 2.87. The normalized spacial score (nSPS) is 13.6. The van der Waals surface area contributed by atoms with Crippen LogP contribution in [-0.2, 0) is 26.2 Å². The van der Waals surface area contributed by atoms with Gasteiger partial charge in [0.15, 0.2) is 11.5 Å². The lowest BCUT2D eigenvalue weighted by molar-refractivity contribution is -0.139. The molecule has 1 unspecified atom stereocenters.